The molecule has 0 saturated carbocycles. The lowest BCUT2D eigenvalue weighted by molar-refractivity contribution is 0.804. The summed E-state index contributed by atoms with van der Waals surface area (Å²) in [5, 5.41) is 4.42. The Kier molecular flexibility index (Phi) is 2.67. The van der Waals surface area contributed by atoms with Gasteiger partial charge in [-0.1, -0.05) is 13.3 Å². The minimum atomic E-state index is 0.751. The molecule has 0 atom stereocenters. The van der Waals surface area contributed by atoms with Crippen LogP contribution in [0.5, 0.6) is 0 Å². The SMILES string of the molecule is CCCc1nn(-c2cccnc2)cc1N. The quantitative estimate of drug-likeness (QED) is 0.825. The summed E-state index contributed by atoms with van der Waals surface area (Å²) in [6.07, 6.45) is 7.31. The van der Waals surface area contributed by atoms with Crippen LogP contribution in [0.2, 0.25) is 0 Å². The Labute approximate surface area is 88.8 Å². The van der Waals surface area contributed by atoms with E-state index in [1.54, 1.807) is 17.1 Å². The van der Waals surface area contributed by atoms with Crippen LogP contribution in [0.3, 0.4) is 0 Å². The second kappa shape index (κ2) is 4.13. The van der Waals surface area contributed by atoms with Crippen molar-refractivity contribution < 1.29 is 0 Å². The van der Waals surface area contributed by atoms with Crippen molar-refractivity contribution in [2.75, 3.05) is 5.73 Å². The average Bonchev–Trinajstić information content (AvgIpc) is 2.63. The normalized spacial score (nSPS) is 10.5. The summed E-state index contributed by atoms with van der Waals surface area (Å²) in [6, 6.07) is 3.84. The molecule has 0 aliphatic rings. The molecule has 0 radical (unpaired) electrons. The molecule has 0 spiro atoms. The summed E-state index contributed by atoms with van der Waals surface area (Å²) in [5.74, 6) is 0. The monoisotopic (exact) mass is 202 g/mol. The molecule has 0 amide bonds. The summed E-state index contributed by atoms with van der Waals surface area (Å²) >= 11 is 0. The zero-order valence-corrected chi connectivity index (χ0v) is 8.72. The number of anilines is 1. The highest BCUT2D eigenvalue weighted by atomic mass is 15.3. The molecule has 0 fully saturated rings. The first-order valence-corrected chi connectivity index (χ1v) is 5.05. The molecule has 0 aliphatic carbocycles. The summed E-state index contributed by atoms with van der Waals surface area (Å²) < 4.78 is 1.77. The third-order valence-corrected chi connectivity index (χ3v) is 2.22. The van der Waals surface area contributed by atoms with Crippen LogP contribution in [0.25, 0.3) is 5.69 Å². The second-order valence-electron chi connectivity index (χ2n) is 3.44. The van der Waals surface area contributed by atoms with Gasteiger partial charge in [0.25, 0.3) is 0 Å². The van der Waals surface area contributed by atoms with Gasteiger partial charge in [0.15, 0.2) is 0 Å². The molecule has 0 unspecified atom stereocenters. The number of hydrogen-bond donors (Lipinski definition) is 1. The number of hydrogen-bond acceptors (Lipinski definition) is 3. The van der Waals surface area contributed by atoms with Crippen molar-refractivity contribution in [3.05, 3.63) is 36.4 Å². The lowest BCUT2D eigenvalue weighted by Crippen LogP contribution is -1.96. The van der Waals surface area contributed by atoms with E-state index >= 15 is 0 Å². The Bertz CT molecular complexity index is 433. The van der Waals surface area contributed by atoms with Crippen molar-refractivity contribution in [2.24, 2.45) is 0 Å². The van der Waals surface area contributed by atoms with E-state index in [0.29, 0.717) is 0 Å². The highest BCUT2D eigenvalue weighted by molar-refractivity contribution is 5.43. The molecule has 2 N–H and O–H groups in total. The van der Waals surface area contributed by atoms with Crippen molar-refractivity contribution in [1.29, 1.82) is 0 Å². The van der Waals surface area contributed by atoms with Gasteiger partial charge in [0.05, 0.1) is 29.5 Å². The Balaban J connectivity index is 2.34. The van der Waals surface area contributed by atoms with E-state index in [2.05, 4.69) is 17.0 Å². The first-order valence-electron chi connectivity index (χ1n) is 5.05. The van der Waals surface area contributed by atoms with Gasteiger partial charge in [-0.2, -0.15) is 5.10 Å². The van der Waals surface area contributed by atoms with E-state index in [0.717, 1.165) is 29.9 Å². The number of aromatic nitrogens is 3. The molecule has 4 heteroatoms. The maximum atomic E-state index is 5.86. The van der Waals surface area contributed by atoms with Gasteiger partial charge in [0.2, 0.25) is 0 Å². The zero-order chi connectivity index (χ0) is 10.7. The number of nitrogen functional groups attached to an aromatic ring is 1. The van der Waals surface area contributed by atoms with Gasteiger partial charge in [-0.25, -0.2) is 4.68 Å². The lowest BCUT2D eigenvalue weighted by atomic mass is 10.2. The van der Waals surface area contributed by atoms with E-state index in [4.69, 9.17) is 5.73 Å². The second-order valence-corrected chi connectivity index (χ2v) is 3.44. The summed E-state index contributed by atoms with van der Waals surface area (Å²) in [5.41, 5.74) is 8.51. The van der Waals surface area contributed by atoms with E-state index in [1.165, 1.54) is 0 Å². The van der Waals surface area contributed by atoms with Gasteiger partial charge in [-0.3, -0.25) is 4.98 Å². The molecule has 2 aromatic heterocycles. The predicted octanol–water partition coefficient (Wildman–Crippen LogP) is 1.80. The van der Waals surface area contributed by atoms with Crippen LogP contribution in [-0.2, 0) is 6.42 Å². The highest BCUT2D eigenvalue weighted by Crippen LogP contribution is 2.14. The summed E-state index contributed by atoms with van der Waals surface area (Å²) in [4.78, 5) is 4.04. The van der Waals surface area contributed by atoms with E-state index in [-0.39, 0.29) is 0 Å². The van der Waals surface area contributed by atoms with E-state index in [1.807, 2.05) is 18.3 Å². The molecular weight excluding hydrogens is 188 g/mol. The molecule has 2 aromatic rings. The van der Waals surface area contributed by atoms with Crippen LogP contribution in [-0.4, -0.2) is 14.8 Å². The van der Waals surface area contributed by atoms with Crippen molar-refractivity contribution in [1.82, 2.24) is 14.8 Å². The van der Waals surface area contributed by atoms with Crippen LogP contribution >= 0.6 is 0 Å². The van der Waals surface area contributed by atoms with Gasteiger partial charge in [0.1, 0.15) is 0 Å². The Morgan fingerprint density at radius 1 is 1.47 bits per heavy atom. The molecule has 4 nitrogen and oxygen atoms in total. The topological polar surface area (TPSA) is 56.7 Å². The number of pyridine rings is 1. The molecule has 78 valence electrons. The molecule has 0 aliphatic heterocycles. The van der Waals surface area contributed by atoms with E-state index < -0.39 is 0 Å². The van der Waals surface area contributed by atoms with Gasteiger partial charge in [0, 0.05) is 6.20 Å². The number of rotatable bonds is 3. The minimum absolute atomic E-state index is 0.751. The lowest BCUT2D eigenvalue weighted by Gasteiger charge is -1.98. The number of nitrogens with two attached hydrogens (primary N) is 1. The third kappa shape index (κ3) is 1.98. The predicted molar refractivity (Wildman–Crippen MR) is 59.8 cm³/mol. The molecule has 0 aromatic carbocycles. The van der Waals surface area contributed by atoms with Crippen LogP contribution in [0.4, 0.5) is 5.69 Å². The molecule has 2 heterocycles. The Morgan fingerprint density at radius 3 is 3.00 bits per heavy atom. The molecule has 0 saturated heterocycles. The largest absolute Gasteiger partial charge is 0.396 e. The summed E-state index contributed by atoms with van der Waals surface area (Å²) in [7, 11) is 0. The third-order valence-electron chi connectivity index (χ3n) is 2.22. The van der Waals surface area contributed by atoms with Crippen molar-refractivity contribution in [3.63, 3.8) is 0 Å². The van der Waals surface area contributed by atoms with Crippen LogP contribution in [0.15, 0.2) is 30.7 Å². The fourth-order valence-electron chi connectivity index (χ4n) is 1.48. The van der Waals surface area contributed by atoms with Gasteiger partial charge >= 0.3 is 0 Å². The molecule has 0 bridgehead atoms. The average molecular weight is 202 g/mol. The standard InChI is InChI=1S/C11H14N4/c1-2-4-11-10(12)8-15(14-11)9-5-3-6-13-7-9/h3,5-8H,2,4,12H2,1H3. The summed E-state index contributed by atoms with van der Waals surface area (Å²) in [6.45, 7) is 2.11. The number of aryl methyl sites for hydroxylation is 1. The Morgan fingerprint density at radius 2 is 2.33 bits per heavy atom. The molecular formula is C11H14N4. The van der Waals surface area contributed by atoms with Gasteiger partial charge in [-0.05, 0) is 18.6 Å². The van der Waals surface area contributed by atoms with Crippen molar-refractivity contribution in [3.8, 4) is 5.69 Å². The van der Waals surface area contributed by atoms with Crippen molar-refractivity contribution in [2.45, 2.75) is 19.8 Å². The molecule has 2 rings (SSSR count). The number of nitrogens with zero attached hydrogens (tertiary/aromatic N) is 3. The van der Waals surface area contributed by atoms with Crippen LogP contribution < -0.4 is 5.73 Å². The fourth-order valence-corrected chi connectivity index (χ4v) is 1.48. The highest BCUT2D eigenvalue weighted by Gasteiger charge is 2.05. The minimum Gasteiger partial charge on any atom is -0.396 e. The maximum absolute atomic E-state index is 5.86. The smallest absolute Gasteiger partial charge is 0.0858 e. The Hall–Kier alpha value is -1.84. The van der Waals surface area contributed by atoms with Crippen molar-refractivity contribution >= 4 is 5.69 Å². The fraction of sp³-hybridized carbons (Fsp3) is 0.273. The van der Waals surface area contributed by atoms with E-state index in [9.17, 15) is 0 Å². The zero-order valence-electron chi connectivity index (χ0n) is 8.72. The maximum Gasteiger partial charge on any atom is 0.0858 e. The first kappa shape index (κ1) is 9.71. The van der Waals surface area contributed by atoms with Crippen LogP contribution in [0, 0.1) is 0 Å². The van der Waals surface area contributed by atoms with Crippen LogP contribution in [0.1, 0.15) is 19.0 Å². The first-order chi connectivity index (χ1) is 7.31. The molecule has 15 heavy (non-hydrogen) atoms. The van der Waals surface area contributed by atoms with Gasteiger partial charge in [-0.15, -0.1) is 0 Å². The van der Waals surface area contributed by atoms with Gasteiger partial charge < -0.3 is 5.73 Å².